The van der Waals surface area contributed by atoms with Crippen LogP contribution in [0.4, 0.5) is 5.69 Å². The zero-order valence-corrected chi connectivity index (χ0v) is 11.3. The number of nitrogens with two attached hydrogens (primary N) is 1. The van der Waals surface area contributed by atoms with Crippen LogP contribution in [0.2, 0.25) is 0 Å². The SMILES string of the molecule is CS(=O)(=O)CCNC(=O)c1c[nH]c2cc(N)ccc12. The van der Waals surface area contributed by atoms with E-state index in [1.807, 2.05) is 0 Å². The van der Waals surface area contributed by atoms with Crippen molar-refractivity contribution in [1.82, 2.24) is 10.3 Å². The number of nitrogen functional groups attached to an aromatic ring is 1. The molecular formula is C12H15N3O3S. The smallest absolute Gasteiger partial charge is 0.253 e. The molecule has 0 atom stereocenters. The Morgan fingerprint density at radius 1 is 1.42 bits per heavy atom. The van der Waals surface area contributed by atoms with Crippen molar-refractivity contribution in [2.75, 3.05) is 24.3 Å². The van der Waals surface area contributed by atoms with E-state index in [1.54, 1.807) is 24.4 Å². The standard InChI is InChI=1S/C12H15N3O3S/c1-19(17,18)5-4-14-12(16)10-7-15-11-6-8(13)2-3-9(10)11/h2-3,6-7,15H,4-5,13H2,1H3,(H,14,16). The van der Waals surface area contributed by atoms with E-state index >= 15 is 0 Å². The normalized spacial score (nSPS) is 11.6. The molecule has 0 saturated carbocycles. The molecule has 0 radical (unpaired) electrons. The molecule has 102 valence electrons. The van der Waals surface area contributed by atoms with Crippen LogP contribution < -0.4 is 11.1 Å². The van der Waals surface area contributed by atoms with Crippen LogP contribution in [0, 0.1) is 0 Å². The van der Waals surface area contributed by atoms with Gasteiger partial charge in [-0.25, -0.2) is 8.42 Å². The number of amides is 1. The first-order valence-electron chi connectivity index (χ1n) is 5.69. The van der Waals surface area contributed by atoms with Crippen molar-refractivity contribution < 1.29 is 13.2 Å². The van der Waals surface area contributed by atoms with Gasteiger partial charge in [0.1, 0.15) is 9.84 Å². The molecule has 7 heteroatoms. The third-order valence-corrected chi connectivity index (χ3v) is 3.65. The fourth-order valence-corrected chi connectivity index (χ4v) is 2.25. The number of carbonyl (C=O) groups is 1. The zero-order chi connectivity index (χ0) is 14.0. The van der Waals surface area contributed by atoms with Crippen LogP contribution in [0.15, 0.2) is 24.4 Å². The molecule has 2 aromatic rings. The van der Waals surface area contributed by atoms with Crippen molar-refractivity contribution in [2.45, 2.75) is 0 Å². The maximum Gasteiger partial charge on any atom is 0.253 e. The fourth-order valence-electron chi connectivity index (χ4n) is 1.78. The number of carbonyl (C=O) groups excluding carboxylic acids is 1. The molecule has 2 rings (SSSR count). The first-order valence-corrected chi connectivity index (χ1v) is 7.75. The van der Waals surface area contributed by atoms with Gasteiger partial charge in [0.15, 0.2) is 0 Å². The topological polar surface area (TPSA) is 105 Å². The van der Waals surface area contributed by atoms with E-state index in [0.29, 0.717) is 11.3 Å². The Hall–Kier alpha value is -2.02. The maximum absolute atomic E-state index is 11.9. The third kappa shape index (κ3) is 3.25. The van der Waals surface area contributed by atoms with Crippen LogP contribution in [-0.4, -0.2) is 37.9 Å². The summed E-state index contributed by atoms with van der Waals surface area (Å²) < 4.78 is 22.0. The molecular weight excluding hydrogens is 266 g/mol. The minimum Gasteiger partial charge on any atom is -0.399 e. The molecule has 0 aliphatic carbocycles. The summed E-state index contributed by atoms with van der Waals surface area (Å²) in [5.74, 6) is -0.381. The van der Waals surface area contributed by atoms with Gasteiger partial charge in [0.2, 0.25) is 0 Å². The van der Waals surface area contributed by atoms with Crippen molar-refractivity contribution in [1.29, 1.82) is 0 Å². The summed E-state index contributed by atoms with van der Waals surface area (Å²) in [6.45, 7) is 0.0965. The highest BCUT2D eigenvalue weighted by atomic mass is 32.2. The average Bonchev–Trinajstić information content (AvgIpc) is 2.69. The Kier molecular flexibility index (Phi) is 3.48. The van der Waals surface area contributed by atoms with E-state index in [2.05, 4.69) is 10.3 Å². The number of hydrogen-bond donors (Lipinski definition) is 3. The van der Waals surface area contributed by atoms with Crippen LogP contribution in [-0.2, 0) is 9.84 Å². The molecule has 0 fully saturated rings. The van der Waals surface area contributed by atoms with Gasteiger partial charge in [0, 0.05) is 35.6 Å². The van der Waals surface area contributed by atoms with Crippen LogP contribution in [0.3, 0.4) is 0 Å². The summed E-state index contributed by atoms with van der Waals surface area (Å²) in [6, 6.07) is 5.21. The lowest BCUT2D eigenvalue weighted by Gasteiger charge is -2.03. The van der Waals surface area contributed by atoms with E-state index in [4.69, 9.17) is 5.73 Å². The van der Waals surface area contributed by atoms with Gasteiger partial charge in [-0.3, -0.25) is 4.79 Å². The second-order valence-corrected chi connectivity index (χ2v) is 6.65. The summed E-state index contributed by atoms with van der Waals surface area (Å²) in [5, 5.41) is 3.33. The first-order chi connectivity index (χ1) is 8.87. The molecule has 19 heavy (non-hydrogen) atoms. The van der Waals surface area contributed by atoms with Gasteiger partial charge in [0.05, 0.1) is 11.3 Å². The third-order valence-electron chi connectivity index (χ3n) is 2.71. The zero-order valence-electron chi connectivity index (χ0n) is 10.4. The van der Waals surface area contributed by atoms with E-state index < -0.39 is 9.84 Å². The second-order valence-electron chi connectivity index (χ2n) is 4.39. The van der Waals surface area contributed by atoms with Crippen LogP contribution in [0.1, 0.15) is 10.4 Å². The van der Waals surface area contributed by atoms with E-state index in [1.165, 1.54) is 0 Å². The number of fused-ring (bicyclic) bond motifs is 1. The molecule has 0 saturated heterocycles. The number of aromatic nitrogens is 1. The largest absolute Gasteiger partial charge is 0.399 e. The summed E-state index contributed by atoms with van der Waals surface area (Å²) in [5.41, 5.74) is 7.51. The summed E-state index contributed by atoms with van der Waals surface area (Å²) in [7, 11) is -3.08. The van der Waals surface area contributed by atoms with E-state index in [-0.39, 0.29) is 18.2 Å². The van der Waals surface area contributed by atoms with Gasteiger partial charge in [0.25, 0.3) is 5.91 Å². The number of benzene rings is 1. The van der Waals surface area contributed by atoms with Crippen molar-refractivity contribution in [3.63, 3.8) is 0 Å². The summed E-state index contributed by atoms with van der Waals surface area (Å²) in [6.07, 6.45) is 2.72. The molecule has 0 unspecified atom stereocenters. The minimum atomic E-state index is -3.08. The highest BCUT2D eigenvalue weighted by molar-refractivity contribution is 7.90. The minimum absolute atomic E-state index is 0.0754. The van der Waals surface area contributed by atoms with Crippen molar-refractivity contribution >= 4 is 32.3 Å². The number of hydrogen-bond acceptors (Lipinski definition) is 4. The molecule has 1 amide bonds. The number of aromatic amines is 1. The fraction of sp³-hybridized carbons (Fsp3) is 0.250. The number of sulfone groups is 1. The Morgan fingerprint density at radius 2 is 2.16 bits per heavy atom. The molecule has 4 N–H and O–H groups in total. The van der Waals surface area contributed by atoms with Crippen LogP contribution in [0.5, 0.6) is 0 Å². The van der Waals surface area contributed by atoms with Gasteiger partial charge in [-0.2, -0.15) is 0 Å². The maximum atomic E-state index is 11.9. The Morgan fingerprint density at radius 3 is 2.84 bits per heavy atom. The lowest BCUT2D eigenvalue weighted by Crippen LogP contribution is -2.28. The lowest BCUT2D eigenvalue weighted by molar-refractivity contribution is 0.0958. The molecule has 1 heterocycles. The lowest BCUT2D eigenvalue weighted by atomic mass is 10.1. The summed E-state index contributed by atoms with van der Waals surface area (Å²) in [4.78, 5) is 14.9. The average molecular weight is 281 g/mol. The van der Waals surface area contributed by atoms with Gasteiger partial charge in [-0.05, 0) is 18.2 Å². The van der Waals surface area contributed by atoms with Gasteiger partial charge < -0.3 is 16.0 Å². The number of H-pyrrole nitrogens is 1. The van der Waals surface area contributed by atoms with Gasteiger partial charge >= 0.3 is 0 Å². The second kappa shape index (κ2) is 4.93. The van der Waals surface area contributed by atoms with Gasteiger partial charge in [-0.1, -0.05) is 0 Å². The molecule has 1 aromatic heterocycles. The molecule has 0 spiro atoms. The number of nitrogens with one attached hydrogen (secondary N) is 2. The number of anilines is 1. The quantitative estimate of drug-likeness (QED) is 0.711. The highest BCUT2D eigenvalue weighted by Crippen LogP contribution is 2.20. The first kappa shape index (κ1) is 13.4. The molecule has 1 aromatic carbocycles. The predicted octanol–water partition coefficient (Wildman–Crippen LogP) is 0.524. The van der Waals surface area contributed by atoms with Gasteiger partial charge in [-0.15, -0.1) is 0 Å². The van der Waals surface area contributed by atoms with Crippen molar-refractivity contribution in [3.8, 4) is 0 Å². The van der Waals surface area contributed by atoms with Crippen LogP contribution in [0.25, 0.3) is 10.9 Å². The Labute approximate surface area is 110 Å². The highest BCUT2D eigenvalue weighted by Gasteiger charge is 2.12. The predicted molar refractivity (Wildman–Crippen MR) is 74.8 cm³/mol. The molecule has 0 aliphatic heterocycles. The monoisotopic (exact) mass is 281 g/mol. The Bertz CT molecular complexity index is 719. The molecule has 0 bridgehead atoms. The molecule has 0 aliphatic rings. The number of rotatable bonds is 4. The van der Waals surface area contributed by atoms with Crippen molar-refractivity contribution in [2.24, 2.45) is 0 Å². The van der Waals surface area contributed by atoms with Crippen LogP contribution >= 0.6 is 0 Å². The summed E-state index contributed by atoms with van der Waals surface area (Å²) >= 11 is 0. The Balaban J connectivity index is 2.14. The molecule has 6 nitrogen and oxygen atoms in total. The van der Waals surface area contributed by atoms with Crippen molar-refractivity contribution in [3.05, 3.63) is 30.0 Å². The van der Waals surface area contributed by atoms with E-state index in [0.717, 1.165) is 17.2 Å². The van der Waals surface area contributed by atoms with E-state index in [9.17, 15) is 13.2 Å².